The lowest BCUT2D eigenvalue weighted by Crippen LogP contribution is -2.49. The monoisotopic (exact) mass is 531 g/mol. The van der Waals surface area contributed by atoms with Crippen LogP contribution in [-0.4, -0.2) is 72.2 Å². The molecule has 1 aromatic heterocycles. The van der Waals surface area contributed by atoms with Crippen molar-refractivity contribution < 1.29 is 29.0 Å². The van der Waals surface area contributed by atoms with Gasteiger partial charge in [-0.25, -0.2) is 4.79 Å². The quantitative estimate of drug-likeness (QED) is 0.403. The molecule has 39 heavy (non-hydrogen) atoms. The van der Waals surface area contributed by atoms with E-state index in [4.69, 9.17) is 4.74 Å². The van der Waals surface area contributed by atoms with Crippen LogP contribution in [0.25, 0.3) is 0 Å². The minimum atomic E-state index is -1.07. The van der Waals surface area contributed by atoms with Crippen molar-refractivity contribution in [2.24, 2.45) is 0 Å². The second kappa shape index (κ2) is 12.5. The first-order valence-electron chi connectivity index (χ1n) is 12.4. The lowest BCUT2D eigenvalue weighted by molar-refractivity contribution is -0.137. The first-order chi connectivity index (χ1) is 18.9. The van der Waals surface area contributed by atoms with E-state index in [1.165, 1.54) is 13.3 Å². The van der Waals surface area contributed by atoms with Crippen molar-refractivity contribution in [2.75, 3.05) is 43.5 Å². The van der Waals surface area contributed by atoms with E-state index >= 15 is 0 Å². The summed E-state index contributed by atoms with van der Waals surface area (Å²) in [6.07, 6.45) is 2.35. The van der Waals surface area contributed by atoms with E-state index in [1.54, 1.807) is 65.7 Å². The number of carboxylic acids is 1. The molecule has 2 aromatic carbocycles. The second-order valence-electron chi connectivity index (χ2n) is 8.91. The number of anilines is 2. The predicted octanol–water partition coefficient (Wildman–Crippen LogP) is 3.17. The number of piperazine rings is 1. The Morgan fingerprint density at radius 1 is 0.949 bits per heavy atom. The van der Waals surface area contributed by atoms with Gasteiger partial charge in [-0.2, -0.15) is 0 Å². The molecule has 0 spiro atoms. The molecular weight excluding hydrogens is 502 g/mol. The molecule has 3 N–H and O–H groups in total. The molecule has 202 valence electrons. The molecule has 0 saturated carbocycles. The van der Waals surface area contributed by atoms with Gasteiger partial charge in [0.05, 0.1) is 30.9 Å². The number of carboxylic acid groups (broad SMARTS) is 1. The highest BCUT2D eigenvalue weighted by Gasteiger charge is 2.25. The minimum Gasteiger partial charge on any atom is -0.481 e. The van der Waals surface area contributed by atoms with Gasteiger partial charge < -0.3 is 30.3 Å². The maximum atomic E-state index is 13.2. The summed E-state index contributed by atoms with van der Waals surface area (Å²) in [6.45, 7) is 1.86. The molecule has 1 atom stereocenters. The first kappa shape index (κ1) is 27.1. The first-order valence-corrected chi connectivity index (χ1v) is 12.4. The average Bonchev–Trinajstić information content (AvgIpc) is 2.97. The minimum absolute atomic E-state index is 0.245. The number of nitrogens with zero attached hydrogens (tertiary/aromatic N) is 3. The Bertz CT molecular complexity index is 1330. The molecule has 11 heteroatoms. The van der Waals surface area contributed by atoms with Crippen molar-refractivity contribution in [1.82, 2.24) is 15.2 Å². The van der Waals surface area contributed by atoms with Crippen LogP contribution in [0.5, 0.6) is 0 Å². The van der Waals surface area contributed by atoms with Gasteiger partial charge in [0.2, 0.25) is 0 Å². The fourth-order valence-electron chi connectivity index (χ4n) is 4.35. The number of hydrogen-bond acceptors (Lipinski definition) is 7. The van der Waals surface area contributed by atoms with Gasteiger partial charge in [0.15, 0.2) is 0 Å². The molecule has 1 aliphatic rings. The summed E-state index contributed by atoms with van der Waals surface area (Å²) in [5.41, 5.74) is 2.36. The summed E-state index contributed by atoms with van der Waals surface area (Å²) in [5, 5.41) is 15.1. The largest absolute Gasteiger partial charge is 0.481 e. The molecule has 1 unspecified atom stereocenters. The lowest BCUT2D eigenvalue weighted by atomic mass is 10.0. The summed E-state index contributed by atoms with van der Waals surface area (Å²) in [5.74, 6) is -1.91. The van der Waals surface area contributed by atoms with Gasteiger partial charge >= 0.3 is 12.1 Å². The van der Waals surface area contributed by atoms with Crippen LogP contribution in [-0.2, 0) is 9.53 Å². The Morgan fingerprint density at radius 2 is 1.69 bits per heavy atom. The lowest BCUT2D eigenvalue weighted by Gasteiger charge is -2.36. The topological polar surface area (TPSA) is 141 Å². The Kier molecular flexibility index (Phi) is 8.72. The van der Waals surface area contributed by atoms with E-state index in [0.717, 1.165) is 0 Å². The Morgan fingerprint density at radius 3 is 2.33 bits per heavy atom. The number of amides is 3. The third-order valence-corrected chi connectivity index (χ3v) is 6.37. The zero-order valence-corrected chi connectivity index (χ0v) is 21.4. The van der Waals surface area contributed by atoms with Gasteiger partial charge in [0.25, 0.3) is 11.8 Å². The van der Waals surface area contributed by atoms with E-state index in [9.17, 15) is 24.3 Å². The number of rotatable bonds is 8. The molecule has 2 heterocycles. The highest BCUT2D eigenvalue weighted by molar-refractivity contribution is 6.07. The van der Waals surface area contributed by atoms with E-state index < -0.39 is 24.0 Å². The van der Waals surface area contributed by atoms with Crippen LogP contribution in [0.2, 0.25) is 0 Å². The Hall–Kier alpha value is -4.93. The number of carbonyl (C=O) groups excluding carboxylic acids is 3. The van der Waals surface area contributed by atoms with Gasteiger partial charge in [-0.15, -0.1) is 0 Å². The van der Waals surface area contributed by atoms with Crippen molar-refractivity contribution in [3.8, 4) is 0 Å². The number of hydrogen-bond donors (Lipinski definition) is 3. The molecular formula is C28H29N5O6. The van der Waals surface area contributed by atoms with Crippen LogP contribution in [0.3, 0.4) is 0 Å². The van der Waals surface area contributed by atoms with Crippen LogP contribution < -0.4 is 15.5 Å². The maximum absolute atomic E-state index is 13.2. The fourth-order valence-corrected chi connectivity index (χ4v) is 4.35. The van der Waals surface area contributed by atoms with Gasteiger partial charge in [-0.3, -0.25) is 19.4 Å². The molecule has 3 aromatic rings. The Balaban J connectivity index is 1.60. The maximum Gasteiger partial charge on any atom is 0.409 e. The van der Waals surface area contributed by atoms with Crippen LogP contribution >= 0.6 is 0 Å². The average molecular weight is 532 g/mol. The van der Waals surface area contributed by atoms with Crippen LogP contribution in [0.4, 0.5) is 16.2 Å². The zero-order valence-electron chi connectivity index (χ0n) is 21.4. The summed E-state index contributed by atoms with van der Waals surface area (Å²) >= 11 is 0. The normalized spacial score (nSPS) is 13.8. The molecule has 3 amide bonds. The number of carbonyl (C=O) groups is 4. The van der Waals surface area contributed by atoms with Crippen LogP contribution in [0.1, 0.15) is 38.7 Å². The third-order valence-electron chi connectivity index (χ3n) is 6.37. The van der Waals surface area contributed by atoms with Crippen molar-refractivity contribution in [1.29, 1.82) is 0 Å². The summed E-state index contributed by atoms with van der Waals surface area (Å²) < 4.78 is 4.81. The summed E-state index contributed by atoms with van der Waals surface area (Å²) in [6, 6.07) is 16.2. The number of benzene rings is 2. The molecule has 4 rings (SSSR count). The molecule has 0 bridgehead atoms. The molecule has 0 aliphatic carbocycles. The number of methoxy groups -OCH3 is 1. The van der Waals surface area contributed by atoms with Gasteiger partial charge in [-0.05, 0) is 42.0 Å². The molecule has 11 nitrogen and oxygen atoms in total. The van der Waals surface area contributed by atoms with Gasteiger partial charge in [0.1, 0.15) is 0 Å². The molecule has 1 saturated heterocycles. The summed E-state index contributed by atoms with van der Waals surface area (Å²) in [7, 11) is 1.34. The van der Waals surface area contributed by atoms with E-state index in [0.29, 0.717) is 48.7 Å². The molecule has 1 aliphatic heterocycles. The fraction of sp³-hybridized carbons (Fsp3) is 0.250. The van der Waals surface area contributed by atoms with Crippen molar-refractivity contribution in [2.45, 2.75) is 12.5 Å². The van der Waals surface area contributed by atoms with Gasteiger partial charge in [-0.1, -0.05) is 24.3 Å². The van der Waals surface area contributed by atoms with E-state index in [1.807, 2.05) is 11.0 Å². The van der Waals surface area contributed by atoms with E-state index in [-0.39, 0.29) is 17.9 Å². The summed E-state index contributed by atoms with van der Waals surface area (Å²) in [4.78, 5) is 57.3. The number of aromatic nitrogens is 1. The molecule has 0 radical (unpaired) electrons. The number of aliphatic carboxylic acids is 1. The zero-order chi connectivity index (χ0) is 27.8. The highest BCUT2D eigenvalue weighted by Crippen LogP contribution is 2.29. The predicted molar refractivity (Wildman–Crippen MR) is 144 cm³/mol. The number of nitrogens with one attached hydrogen (secondary N) is 2. The third kappa shape index (κ3) is 6.89. The second-order valence-corrected chi connectivity index (χ2v) is 8.91. The number of pyridine rings is 1. The van der Waals surface area contributed by atoms with Crippen LogP contribution in [0, 0.1) is 0 Å². The smallest absolute Gasteiger partial charge is 0.409 e. The van der Waals surface area contributed by atoms with E-state index in [2.05, 4.69) is 15.6 Å². The van der Waals surface area contributed by atoms with Crippen molar-refractivity contribution >= 4 is 35.3 Å². The highest BCUT2D eigenvalue weighted by atomic mass is 16.5. The standard InChI is InChI=1S/C28H29N5O6/c1-39-28(38)33-14-12-32(13-15-33)24-10-9-20(16-23(24)31-26(36)19-6-3-2-4-7-19)27(37)30-22(17-25(34)35)21-8-5-11-29-18-21/h2-11,16,18,22H,12-15,17H2,1H3,(H,30,37)(H,31,36)(H,34,35). The van der Waals surface area contributed by atoms with Gasteiger partial charge in [0, 0.05) is 49.7 Å². The van der Waals surface area contributed by atoms with Crippen molar-refractivity contribution in [3.05, 3.63) is 89.7 Å². The van der Waals surface area contributed by atoms with Crippen LogP contribution in [0.15, 0.2) is 73.1 Å². The molecule has 1 fully saturated rings. The number of ether oxygens (including phenoxy) is 1. The Labute approximate surface area is 225 Å². The SMILES string of the molecule is COC(=O)N1CCN(c2ccc(C(=O)NC(CC(=O)O)c3cccnc3)cc2NC(=O)c2ccccc2)CC1. The van der Waals surface area contributed by atoms with Crippen molar-refractivity contribution in [3.63, 3.8) is 0 Å².